The lowest BCUT2D eigenvalue weighted by atomic mass is 10.0. The SMILES string of the molecule is Cc1cc(C)cc(NC(=O)[C@H]2Sc3nnc(-c4ccccc4)n3N[C@@H]2c2ccc(F)cc2)c1. The van der Waals surface area contributed by atoms with Gasteiger partial charge < -0.3 is 10.7 Å². The summed E-state index contributed by atoms with van der Waals surface area (Å²) in [7, 11) is 0. The minimum Gasteiger partial charge on any atom is -0.325 e. The minimum atomic E-state index is -0.545. The lowest BCUT2D eigenvalue weighted by molar-refractivity contribution is -0.116. The van der Waals surface area contributed by atoms with E-state index in [-0.39, 0.29) is 11.7 Å². The summed E-state index contributed by atoms with van der Waals surface area (Å²) in [6, 6.07) is 21.4. The first-order valence-electron chi connectivity index (χ1n) is 10.6. The van der Waals surface area contributed by atoms with Crippen molar-refractivity contribution < 1.29 is 9.18 Å². The Kier molecular flexibility index (Phi) is 5.60. The van der Waals surface area contributed by atoms with E-state index in [1.54, 1.807) is 16.8 Å². The number of aromatic nitrogens is 3. The van der Waals surface area contributed by atoms with Gasteiger partial charge in [0, 0.05) is 11.3 Å². The van der Waals surface area contributed by atoms with Gasteiger partial charge in [0.25, 0.3) is 0 Å². The van der Waals surface area contributed by atoms with E-state index in [2.05, 4.69) is 27.0 Å². The second kappa shape index (κ2) is 8.71. The molecular weight excluding hydrogens is 437 g/mol. The van der Waals surface area contributed by atoms with Crippen molar-refractivity contribution in [3.05, 3.63) is 95.3 Å². The Labute approximate surface area is 195 Å². The fourth-order valence-electron chi connectivity index (χ4n) is 4.01. The molecule has 2 heterocycles. The number of nitrogens with zero attached hydrogens (tertiary/aromatic N) is 3. The molecule has 1 aromatic heterocycles. The highest BCUT2D eigenvalue weighted by atomic mass is 32.2. The van der Waals surface area contributed by atoms with Crippen molar-refractivity contribution in [2.24, 2.45) is 0 Å². The molecule has 2 N–H and O–H groups in total. The third-order valence-electron chi connectivity index (χ3n) is 5.45. The van der Waals surface area contributed by atoms with E-state index < -0.39 is 11.3 Å². The molecule has 0 radical (unpaired) electrons. The van der Waals surface area contributed by atoms with E-state index in [1.165, 1.54) is 23.9 Å². The number of nitrogens with one attached hydrogen (secondary N) is 2. The first-order chi connectivity index (χ1) is 16.0. The number of carbonyl (C=O) groups is 1. The van der Waals surface area contributed by atoms with E-state index >= 15 is 0 Å². The van der Waals surface area contributed by atoms with Crippen LogP contribution in [0.25, 0.3) is 11.4 Å². The predicted molar refractivity (Wildman–Crippen MR) is 128 cm³/mol. The van der Waals surface area contributed by atoms with Crippen LogP contribution in [0.1, 0.15) is 22.7 Å². The van der Waals surface area contributed by atoms with Gasteiger partial charge in [-0.25, -0.2) is 9.07 Å². The van der Waals surface area contributed by atoms with Gasteiger partial charge in [0.1, 0.15) is 11.1 Å². The van der Waals surface area contributed by atoms with Gasteiger partial charge in [0.2, 0.25) is 11.1 Å². The molecule has 0 aliphatic carbocycles. The summed E-state index contributed by atoms with van der Waals surface area (Å²) in [5.74, 6) is 0.161. The highest BCUT2D eigenvalue weighted by Crippen LogP contribution is 2.39. The second-order valence-electron chi connectivity index (χ2n) is 8.07. The predicted octanol–water partition coefficient (Wildman–Crippen LogP) is 5.10. The first-order valence-corrected chi connectivity index (χ1v) is 11.4. The number of anilines is 1. The summed E-state index contributed by atoms with van der Waals surface area (Å²) in [5, 5.41) is 11.8. The fraction of sp³-hybridized carbons (Fsp3) is 0.160. The standard InChI is InChI=1S/C25H22FN5OS/c1-15-12-16(2)14-20(13-15)27-24(32)22-21(17-8-10-19(26)11-9-17)30-31-23(28-29-25(31)33-22)18-6-4-3-5-7-18/h3-14,21-22,30H,1-2H3,(H,27,32)/t21-,22+/m1/s1. The van der Waals surface area contributed by atoms with Gasteiger partial charge in [-0.2, -0.15) is 0 Å². The monoisotopic (exact) mass is 459 g/mol. The average Bonchev–Trinajstić information content (AvgIpc) is 3.21. The molecule has 0 saturated carbocycles. The van der Waals surface area contributed by atoms with Crippen LogP contribution < -0.4 is 10.7 Å². The Morgan fingerprint density at radius 2 is 1.70 bits per heavy atom. The first kappa shape index (κ1) is 21.2. The van der Waals surface area contributed by atoms with Gasteiger partial charge in [-0.3, -0.25) is 4.79 Å². The van der Waals surface area contributed by atoms with Gasteiger partial charge in [-0.1, -0.05) is 60.3 Å². The van der Waals surface area contributed by atoms with Crippen LogP contribution in [0, 0.1) is 19.7 Å². The summed E-state index contributed by atoms with van der Waals surface area (Å²) in [6.07, 6.45) is 0. The van der Waals surface area contributed by atoms with Crippen LogP contribution in [0.3, 0.4) is 0 Å². The van der Waals surface area contributed by atoms with Crippen molar-refractivity contribution in [1.29, 1.82) is 0 Å². The molecule has 6 nitrogen and oxygen atoms in total. The zero-order valence-corrected chi connectivity index (χ0v) is 18.9. The minimum absolute atomic E-state index is 0.165. The normalized spacial score (nSPS) is 17.2. The van der Waals surface area contributed by atoms with Crippen LogP contribution in [-0.4, -0.2) is 26.0 Å². The molecular formula is C25H22FN5OS. The molecule has 33 heavy (non-hydrogen) atoms. The number of aryl methyl sites for hydroxylation is 2. The van der Waals surface area contributed by atoms with Crippen LogP contribution in [0.5, 0.6) is 0 Å². The van der Waals surface area contributed by atoms with Crippen molar-refractivity contribution in [2.45, 2.75) is 30.3 Å². The van der Waals surface area contributed by atoms with Crippen LogP contribution in [-0.2, 0) is 4.79 Å². The summed E-state index contributed by atoms with van der Waals surface area (Å²) in [6.45, 7) is 3.99. The number of thioether (sulfide) groups is 1. The molecule has 5 rings (SSSR count). The van der Waals surface area contributed by atoms with E-state index in [1.807, 2.05) is 56.3 Å². The molecule has 0 unspecified atom stereocenters. The van der Waals surface area contributed by atoms with Crippen molar-refractivity contribution in [2.75, 3.05) is 10.7 Å². The van der Waals surface area contributed by atoms with Crippen molar-refractivity contribution in [3.63, 3.8) is 0 Å². The lowest BCUT2D eigenvalue weighted by Gasteiger charge is -2.33. The molecule has 1 amide bonds. The van der Waals surface area contributed by atoms with Crippen LogP contribution in [0.2, 0.25) is 0 Å². The molecule has 0 spiro atoms. The van der Waals surface area contributed by atoms with Gasteiger partial charge in [0.15, 0.2) is 5.82 Å². The molecule has 4 aromatic rings. The fourth-order valence-corrected chi connectivity index (χ4v) is 5.09. The lowest BCUT2D eigenvalue weighted by Crippen LogP contribution is -2.41. The van der Waals surface area contributed by atoms with Gasteiger partial charge in [-0.15, -0.1) is 10.2 Å². The number of halogens is 1. The molecule has 8 heteroatoms. The topological polar surface area (TPSA) is 71.8 Å². The maximum atomic E-state index is 13.6. The molecule has 2 atom stereocenters. The number of amides is 1. The Morgan fingerprint density at radius 3 is 2.39 bits per heavy atom. The van der Waals surface area contributed by atoms with Crippen molar-refractivity contribution in [1.82, 2.24) is 14.9 Å². The molecule has 0 saturated heterocycles. The second-order valence-corrected chi connectivity index (χ2v) is 9.18. The van der Waals surface area contributed by atoms with Crippen LogP contribution >= 0.6 is 11.8 Å². The third kappa shape index (κ3) is 4.34. The quantitative estimate of drug-likeness (QED) is 0.444. The summed E-state index contributed by atoms with van der Waals surface area (Å²) >= 11 is 1.34. The van der Waals surface area contributed by atoms with Crippen LogP contribution in [0.15, 0.2) is 78.0 Å². The molecule has 3 aromatic carbocycles. The highest BCUT2D eigenvalue weighted by molar-refractivity contribution is 8.00. The zero-order chi connectivity index (χ0) is 22.9. The molecule has 0 bridgehead atoms. The van der Waals surface area contributed by atoms with E-state index in [4.69, 9.17) is 0 Å². The highest BCUT2D eigenvalue weighted by Gasteiger charge is 2.38. The molecule has 0 fully saturated rings. The van der Waals surface area contributed by atoms with Gasteiger partial charge >= 0.3 is 0 Å². The summed E-state index contributed by atoms with van der Waals surface area (Å²) in [4.78, 5) is 13.4. The zero-order valence-electron chi connectivity index (χ0n) is 18.1. The van der Waals surface area contributed by atoms with E-state index in [0.29, 0.717) is 11.0 Å². The van der Waals surface area contributed by atoms with Crippen molar-refractivity contribution in [3.8, 4) is 11.4 Å². The largest absolute Gasteiger partial charge is 0.325 e. The van der Waals surface area contributed by atoms with Crippen LogP contribution in [0.4, 0.5) is 10.1 Å². The summed E-state index contributed by atoms with van der Waals surface area (Å²) in [5.41, 5.74) is 7.99. The van der Waals surface area contributed by atoms with E-state index in [0.717, 1.165) is 27.9 Å². The van der Waals surface area contributed by atoms with Gasteiger partial charge in [0.05, 0.1) is 6.04 Å². The number of fused-ring (bicyclic) bond motifs is 1. The number of benzene rings is 3. The number of carbonyl (C=O) groups excluding carboxylic acids is 1. The molecule has 1 aliphatic rings. The number of hydrogen-bond acceptors (Lipinski definition) is 5. The Bertz CT molecular complexity index is 1290. The van der Waals surface area contributed by atoms with Gasteiger partial charge in [-0.05, 0) is 54.8 Å². The molecule has 1 aliphatic heterocycles. The smallest absolute Gasteiger partial charge is 0.240 e. The maximum absolute atomic E-state index is 13.6. The Balaban J connectivity index is 1.51. The third-order valence-corrected chi connectivity index (χ3v) is 6.66. The van der Waals surface area contributed by atoms with Crippen molar-refractivity contribution >= 4 is 23.4 Å². The van der Waals surface area contributed by atoms with E-state index in [9.17, 15) is 9.18 Å². The maximum Gasteiger partial charge on any atom is 0.240 e. The Hall–Kier alpha value is -3.65. The Morgan fingerprint density at radius 1 is 1.00 bits per heavy atom. The number of rotatable bonds is 4. The summed E-state index contributed by atoms with van der Waals surface area (Å²) < 4.78 is 15.4. The average molecular weight is 460 g/mol. The molecule has 166 valence electrons. The number of hydrogen-bond donors (Lipinski definition) is 2.